The number of hydrogen-bond donors (Lipinski definition) is 2. The highest BCUT2D eigenvalue weighted by molar-refractivity contribution is 5.72. The molecule has 110 valence electrons. The minimum Gasteiger partial charge on any atom is -0.469 e. The van der Waals surface area contributed by atoms with Crippen molar-refractivity contribution >= 4 is 5.97 Å². The van der Waals surface area contributed by atoms with E-state index in [1.807, 2.05) is 0 Å². The summed E-state index contributed by atoms with van der Waals surface area (Å²) in [4.78, 5) is 14.1. The van der Waals surface area contributed by atoms with Gasteiger partial charge in [-0.25, -0.2) is 0 Å². The van der Waals surface area contributed by atoms with E-state index in [0.29, 0.717) is 18.6 Å². The fourth-order valence-electron chi connectivity index (χ4n) is 3.44. The summed E-state index contributed by atoms with van der Waals surface area (Å²) in [7, 11) is 1.48. The van der Waals surface area contributed by atoms with Gasteiger partial charge < -0.3 is 15.8 Å². The summed E-state index contributed by atoms with van der Waals surface area (Å²) in [5, 5.41) is 3.72. The van der Waals surface area contributed by atoms with E-state index in [1.54, 1.807) is 0 Å². The summed E-state index contributed by atoms with van der Waals surface area (Å²) >= 11 is 0. The van der Waals surface area contributed by atoms with Crippen LogP contribution in [0.4, 0.5) is 0 Å². The second kappa shape index (κ2) is 7.22. The lowest BCUT2D eigenvalue weighted by Gasteiger charge is -2.38. The first-order chi connectivity index (χ1) is 9.22. The zero-order valence-corrected chi connectivity index (χ0v) is 11.9. The van der Waals surface area contributed by atoms with Crippen molar-refractivity contribution in [3.63, 3.8) is 0 Å². The van der Waals surface area contributed by atoms with Gasteiger partial charge in [0.1, 0.15) is 0 Å². The first kappa shape index (κ1) is 14.8. The molecule has 0 aromatic carbocycles. The first-order valence-corrected chi connectivity index (χ1v) is 7.49. The van der Waals surface area contributed by atoms with E-state index in [4.69, 9.17) is 10.5 Å². The minimum atomic E-state index is -0.0834. The highest BCUT2D eigenvalue weighted by Gasteiger charge is 2.33. The molecule has 0 aromatic rings. The Kier molecular flexibility index (Phi) is 5.60. The van der Waals surface area contributed by atoms with Gasteiger partial charge in [0.2, 0.25) is 0 Å². The Hall–Kier alpha value is -0.650. The fraction of sp³-hybridized carbons (Fsp3) is 0.929. The van der Waals surface area contributed by atoms with Crippen LogP contribution in [0.15, 0.2) is 0 Å². The number of methoxy groups -OCH3 is 1. The Bertz CT molecular complexity index is 292. The molecular formula is C14H27N3O2. The summed E-state index contributed by atoms with van der Waals surface area (Å²) in [6, 6.07) is 1.04. The normalized spacial score (nSPS) is 29.6. The molecule has 2 atom stereocenters. The van der Waals surface area contributed by atoms with Crippen molar-refractivity contribution in [1.82, 2.24) is 10.2 Å². The summed E-state index contributed by atoms with van der Waals surface area (Å²) in [5.41, 5.74) is 5.64. The predicted molar refractivity (Wildman–Crippen MR) is 74.8 cm³/mol. The number of hydrogen-bond acceptors (Lipinski definition) is 5. The smallest absolute Gasteiger partial charge is 0.310 e. The second-order valence-electron chi connectivity index (χ2n) is 5.85. The number of nitrogens with two attached hydrogens (primary N) is 1. The van der Waals surface area contributed by atoms with Gasteiger partial charge in [-0.1, -0.05) is 12.8 Å². The molecule has 19 heavy (non-hydrogen) atoms. The molecule has 2 unspecified atom stereocenters. The molecular weight excluding hydrogens is 242 g/mol. The molecule has 5 heteroatoms. The molecule has 0 spiro atoms. The molecule has 0 bridgehead atoms. The van der Waals surface area contributed by atoms with Gasteiger partial charge in [0.15, 0.2) is 0 Å². The van der Waals surface area contributed by atoms with Crippen LogP contribution in [-0.4, -0.2) is 56.2 Å². The number of esters is 1. The Morgan fingerprint density at radius 1 is 1.32 bits per heavy atom. The van der Waals surface area contributed by atoms with E-state index >= 15 is 0 Å². The number of carbonyl (C=O) groups is 1. The zero-order valence-electron chi connectivity index (χ0n) is 11.9. The molecule has 1 saturated carbocycles. The van der Waals surface area contributed by atoms with Crippen molar-refractivity contribution in [2.45, 2.75) is 44.2 Å². The standard InChI is InChI=1S/C14H27N3O2/c1-19-14(18)11-8-13(10-17(9-11)7-6-15)16-12-4-2-3-5-12/h11-13,16H,2-10,15H2,1H3. The van der Waals surface area contributed by atoms with Crippen LogP contribution in [0.3, 0.4) is 0 Å². The molecule has 1 aliphatic heterocycles. The van der Waals surface area contributed by atoms with E-state index in [2.05, 4.69) is 10.2 Å². The van der Waals surface area contributed by atoms with Crippen molar-refractivity contribution in [2.75, 3.05) is 33.3 Å². The Labute approximate surface area is 115 Å². The van der Waals surface area contributed by atoms with Crippen LogP contribution in [0.1, 0.15) is 32.1 Å². The van der Waals surface area contributed by atoms with Gasteiger partial charge >= 0.3 is 5.97 Å². The van der Waals surface area contributed by atoms with E-state index < -0.39 is 0 Å². The van der Waals surface area contributed by atoms with Crippen molar-refractivity contribution in [3.8, 4) is 0 Å². The number of carbonyl (C=O) groups excluding carboxylic acids is 1. The fourth-order valence-corrected chi connectivity index (χ4v) is 3.44. The van der Waals surface area contributed by atoms with Gasteiger partial charge in [0.05, 0.1) is 13.0 Å². The van der Waals surface area contributed by atoms with Gasteiger partial charge in [-0.2, -0.15) is 0 Å². The minimum absolute atomic E-state index is 0.01000. The van der Waals surface area contributed by atoms with Crippen LogP contribution in [0, 0.1) is 5.92 Å². The number of rotatable bonds is 5. The van der Waals surface area contributed by atoms with E-state index in [1.165, 1.54) is 32.8 Å². The lowest BCUT2D eigenvalue weighted by Crippen LogP contribution is -2.53. The maximum absolute atomic E-state index is 11.8. The number of nitrogens with zero attached hydrogens (tertiary/aromatic N) is 1. The Morgan fingerprint density at radius 3 is 2.68 bits per heavy atom. The number of ether oxygens (including phenoxy) is 1. The molecule has 3 N–H and O–H groups in total. The van der Waals surface area contributed by atoms with Crippen molar-refractivity contribution < 1.29 is 9.53 Å². The SMILES string of the molecule is COC(=O)C1CC(NC2CCCC2)CN(CCN)C1. The van der Waals surface area contributed by atoms with Gasteiger partial charge in [-0.3, -0.25) is 9.69 Å². The van der Waals surface area contributed by atoms with Crippen molar-refractivity contribution in [3.05, 3.63) is 0 Å². The lowest BCUT2D eigenvalue weighted by molar-refractivity contribution is -0.147. The van der Waals surface area contributed by atoms with Gasteiger partial charge in [0.25, 0.3) is 0 Å². The molecule has 2 aliphatic rings. The van der Waals surface area contributed by atoms with Gasteiger partial charge in [0, 0.05) is 38.3 Å². The van der Waals surface area contributed by atoms with Crippen LogP contribution in [-0.2, 0) is 9.53 Å². The van der Waals surface area contributed by atoms with Gasteiger partial charge in [-0.05, 0) is 19.3 Å². The number of likely N-dealkylation sites (tertiary alicyclic amines) is 1. The first-order valence-electron chi connectivity index (χ1n) is 7.49. The van der Waals surface area contributed by atoms with E-state index in [0.717, 1.165) is 26.1 Å². The van der Waals surface area contributed by atoms with Crippen molar-refractivity contribution in [2.24, 2.45) is 11.7 Å². The number of piperidine rings is 1. The zero-order chi connectivity index (χ0) is 13.7. The van der Waals surface area contributed by atoms with Crippen LogP contribution in [0.2, 0.25) is 0 Å². The number of nitrogens with one attached hydrogen (secondary N) is 1. The summed E-state index contributed by atoms with van der Waals surface area (Å²) in [6.07, 6.45) is 6.10. The molecule has 5 nitrogen and oxygen atoms in total. The molecule has 1 saturated heterocycles. The highest BCUT2D eigenvalue weighted by atomic mass is 16.5. The summed E-state index contributed by atoms with van der Waals surface area (Å²) < 4.78 is 4.91. The quantitative estimate of drug-likeness (QED) is 0.705. The van der Waals surface area contributed by atoms with E-state index in [-0.39, 0.29) is 11.9 Å². The Balaban J connectivity index is 1.90. The third-order valence-corrected chi connectivity index (χ3v) is 4.33. The summed E-state index contributed by atoms with van der Waals surface area (Å²) in [6.45, 7) is 3.29. The lowest BCUT2D eigenvalue weighted by atomic mass is 9.93. The molecule has 0 amide bonds. The van der Waals surface area contributed by atoms with Gasteiger partial charge in [-0.15, -0.1) is 0 Å². The second-order valence-corrected chi connectivity index (χ2v) is 5.85. The van der Waals surface area contributed by atoms with Crippen LogP contribution in [0.5, 0.6) is 0 Å². The highest BCUT2D eigenvalue weighted by Crippen LogP contribution is 2.22. The topological polar surface area (TPSA) is 67.6 Å². The molecule has 1 heterocycles. The molecule has 0 aromatic heterocycles. The Morgan fingerprint density at radius 2 is 2.05 bits per heavy atom. The molecule has 2 fully saturated rings. The molecule has 1 aliphatic carbocycles. The molecule has 0 radical (unpaired) electrons. The average molecular weight is 269 g/mol. The van der Waals surface area contributed by atoms with Crippen LogP contribution < -0.4 is 11.1 Å². The van der Waals surface area contributed by atoms with Crippen LogP contribution in [0.25, 0.3) is 0 Å². The monoisotopic (exact) mass is 269 g/mol. The molecule has 2 rings (SSSR count). The maximum Gasteiger partial charge on any atom is 0.310 e. The largest absolute Gasteiger partial charge is 0.469 e. The van der Waals surface area contributed by atoms with Crippen LogP contribution >= 0.6 is 0 Å². The van der Waals surface area contributed by atoms with Crippen molar-refractivity contribution in [1.29, 1.82) is 0 Å². The van der Waals surface area contributed by atoms with E-state index in [9.17, 15) is 4.79 Å². The third kappa shape index (κ3) is 4.16. The maximum atomic E-state index is 11.8. The third-order valence-electron chi connectivity index (χ3n) is 4.33. The average Bonchev–Trinajstić information content (AvgIpc) is 2.90. The predicted octanol–water partition coefficient (Wildman–Crippen LogP) is 0.341. The summed E-state index contributed by atoms with van der Waals surface area (Å²) in [5.74, 6) is -0.0934.